The molecule has 11 heavy (non-hydrogen) atoms. The molecule has 2 unspecified atom stereocenters. The van der Waals surface area contributed by atoms with E-state index in [1.165, 1.54) is 0 Å². The van der Waals surface area contributed by atoms with E-state index in [-0.39, 0.29) is 18.7 Å². The van der Waals surface area contributed by atoms with Crippen molar-refractivity contribution in [3.8, 4) is 0 Å². The highest BCUT2D eigenvalue weighted by atomic mass is 16.3. The Hall–Kier alpha value is -0.870. The quantitative estimate of drug-likeness (QED) is 0.633. The van der Waals surface area contributed by atoms with Crippen LogP contribution in [-0.4, -0.2) is 27.3 Å². The molecule has 0 aliphatic carbocycles. The van der Waals surface area contributed by atoms with Gasteiger partial charge >= 0.3 is 0 Å². The van der Waals surface area contributed by atoms with Crippen LogP contribution in [0.25, 0.3) is 0 Å². The van der Waals surface area contributed by atoms with E-state index in [0.717, 1.165) is 0 Å². The van der Waals surface area contributed by atoms with E-state index in [2.05, 4.69) is 4.98 Å². The van der Waals surface area contributed by atoms with Crippen molar-refractivity contribution in [1.29, 1.82) is 0 Å². The third-order valence-electron chi connectivity index (χ3n) is 1.70. The largest absolute Gasteiger partial charge is 0.394 e. The Morgan fingerprint density at radius 1 is 1.73 bits per heavy atom. The molecule has 0 radical (unpaired) electrons. The summed E-state index contributed by atoms with van der Waals surface area (Å²) >= 11 is 0. The number of hydrogen-bond acceptors (Lipinski definition) is 3. The van der Waals surface area contributed by atoms with Crippen LogP contribution in [0.1, 0.15) is 13.0 Å². The van der Waals surface area contributed by atoms with Crippen molar-refractivity contribution in [2.24, 2.45) is 5.73 Å². The van der Waals surface area contributed by atoms with Crippen LogP contribution in [0.3, 0.4) is 0 Å². The summed E-state index contributed by atoms with van der Waals surface area (Å²) in [4.78, 5) is 3.87. The second-order valence-electron chi connectivity index (χ2n) is 2.62. The summed E-state index contributed by atoms with van der Waals surface area (Å²) in [7, 11) is 0. The van der Waals surface area contributed by atoms with Crippen molar-refractivity contribution in [3.05, 3.63) is 18.7 Å². The summed E-state index contributed by atoms with van der Waals surface area (Å²) in [6.45, 7) is 1.91. The van der Waals surface area contributed by atoms with Gasteiger partial charge < -0.3 is 15.4 Å². The molecule has 1 aromatic heterocycles. The van der Waals surface area contributed by atoms with E-state index >= 15 is 0 Å². The molecule has 1 aromatic rings. The zero-order chi connectivity index (χ0) is 8.27. The van der Waals surface area contributed by atoms with Gasteiger partial charge in [0, 0.05) is 18.4 Å². The highest BCUT2D eigenvalue weighted by molar-refractivity contribution is 4.83. The molecular formula is C7H13N3O. The topological polar surface area (TPSA) is 64.1 Å². The normalized spacial score (nSPS) is 16.3. The lowest BCUT2D eigenvalue weighted by Gasteiger charge is -2.18. The summed E-state index contributed by atoms with van der Waals surface area (Å²) in [5.41, 5.74) is 5.63. The average Bonchev–Trinajstić information content (AvgIpc) is 2.40. The van der Waals surface area contributed by atoms with Gasteiger partial charge in [0.15, 0.2) is 0 Å². The van der Waals surface area contributed by atoms with Gasteiger partial charge in [-0.3, -0.25) is 0 Å². The number of rotatable bonds is 3. The number of aliphatic hydroxyl groups is 1. The average molecular weight is 155 g/mol. The number of hydrogen-bond donors (Lipinski definition) is 2. The highest BCUT2D eigenvalue weighted by Gasteiger charge is 2.12. The highest BCUT2D eigenvalue weighted by Crippen LogP contribution is 2.07. The molecule has 0 aliphatic heterocycles. The van der Waals surface area contributed by atoms with Crippen LogP contribution < -0.4 is 5.73 Å². The van der Waals surface area contributed by atoms with Crippen molar-refractivity contribution >= 4 is 0 Å². The maximum Gasteiger partial charge on any atom is 0.0949 e. The first-order valence-corrected chi connectivity index (χ1v) is 3.59. The molecule has 0 saturated carbocycles. The van der Waals surface area contributed by atoms with Crippen molar-refractivity contribution in [3.63, 3.8) is 0 Å². The Labute approximate surface area is 65.7 Å². The predicted octanol–water partition coefficient (Wildman–Crippen LogP) is -0.236. The molecule has 0 aliphatic rings. The van der Waals surface area contributed by atoms with E-state index in [4.69, 9.17) is 10.8 Å². The molecule has 1 rings (SSSR count). The number of nitrogens with zero attached hydrogens (tertiary/aromatic N) is 2. The lowest BCUT2D eigenvalue weighted by Crippen LogP contribution is -2.31. The van der Waals surface area contributed by atoms with E-state index in [9.17, 15) is 0 Å². The Kier molecular flexibility index (Phi) is 2.62. The maximum atomic E-state index is 8.94. The predicted molar refractivity (Wildman–Crippen MR) is 42.0 cm³/mol. The van der Waals surface area contributed by atoms with Crippen molar-refractivity contribution in [1.82, 2.24) is 9.55 Å². The monoisotopic (exact) mass is 155 g/mol. The second kappa shape index (κ2) is 3.50. The number of aromatic nitrogens is 2. The molecule has 0 saturated heterocycles. The van der Waals surface area contributed by atoms with Crippen molar-refractivity contribution in [2.75, 3.05) is 6.61 Å². The Balaban J connectivity index is 2.71. The van der Waals surface area contributed by atoms with Crippen LogP contribution in [0, 0.1) is 0 Å². The molecule has 4 nitrogen and oxygen atoms in total. The molecule has 3 N–H and O–H groups in total. The van der Waals surface area contributed by atoms with Crippen molar-refractivity contribution in [2.45, 2.75) is 19.0 Å². The fraction of sp³-hybridized carbons (Fsp3) is 0.571. The first kappa shape index (κ1) is 8.23. The molecule has 0 fully saturated rings. The van der Waals surface area contributed by atoms with E-state index in [1.807, 2.05) is 11.5 Å². The van der Waals surface area contributed by atoms with Crippen molar-refractivity contribution < 1.29 is 5.11 Å². The molecule has 62 valence electrons. The third-order valence-corrected chi connectivity index (χ3v) is 1.70. The molecule has 2 atom stereocenters. The fourth-order valence-electron chi connectivity index (χ4n) is 0.998. The Bertz CT molecular complexity index is 195. The summed E-state index contributed by atoms with van der Waals surface area (Å²) in [5.74, 6) is 0. The third kappa shape index (κ3) is 1.78. The molecular weight excluding hydrogens is 142 g/mol. The maximum absolute atomic E-state index is 8.94. The number of imidazole rings is 1. The Morgan fingerprint density at radius 3 is 2.82 bits per heavy atom. The van der Waals surface area contributed by atoms with Crippen LogP contribution in [0.15, 0.2) is 18.7 Å². The number of nitrogens with two attached hydrogens (primary N) is 1. The van der Waals surface area contributed by atoms with Gasteiger partial charge in [-0.2, -0.15) is 0 Å². The van der Waals surface area contributed by atoms with Crippen LogP contribution in [0.2, 0.25) is 0 Å². The minimum atomic E-state index is -0.0609. The van der Waals surface area contributed by atoms with Crippen LogP contribution in [-0.2, 0) is 0 Å². The minimum Gasteiger partial charge on any atom is -0.394 e. The smallest absolute Gasteiger partial charge is 0.0949 e. The van der Waals surface area contributed by atoms with Gasteiger partial charge in [-0.15, -0.1) is 0 Å². The summed E-state index contributed by atoms with van der Waals surface area (Å²) in [6.07, 6.45) is 5.12. The Morgan fingerprint density at radius 2 is 2.45 bits per heavy atom. The second-order valence-corrected chi connectivity index (χ2v) is 2.62. The first-order chi connectivity index (χ1) is 5.25. The van der Waals surface area contributed by atoms with Crippen LogP contribution in [0.4, 0.5) is 0 Å². The first-order valence-electron chi connectivity index (χ1n) is 3.59. The minimum absolute atomic E-state index is 0.0496. The van der Waals surface area contributed by atoms with Gasteiger partial charge in [0.05, 0.1) is 19.0 Å². The fourth-order valence-corrected chi connectivity index (χ4v) is 0.998. The SMILES string of the molecule is CC(N)C(CO)n1ccnc1. The van der Waals surface area contributed by atoms with Gasteiger partial charge in [-0.05, 0) is 6.92 Å². The molecule has 0 bridgehead atoms. The van der Waals surface area contributed by atoms with Crippen LogP contribution in [0.5, 0.6) is 0 Å². The van der Waals surface area contributed by atoms with E-state index in [0.29, 0.717) is 0 Å². The summed E-state index contributed by atoms with van der Waals surface area (Å²) < 4.78 is 1.81. The number of aliphatic hydroxyl groups excluding tert-OH is 1. The molecule has 1 heterocycles. The molecule has 0 amide bonds. The van der Waals surface area contributed by atoms with Gasteiger partial charge in [0.2, 0.25) is 0 Å². The van der Waals surface area contributed by atoms with Gasteiger partial charge in [0.25, 0.3) is 0 Å². The standard InChI is InChI=1S/C7H13N3O/c1-6(8)7(4-11)10-3-2-9-5-10/h2-3,5-7,11H,4,8H2,1H3. The molecule has 0 spiro atoms. The lowest BCUT2D eigenvalue weighted by molar-refractivity contribution is 0.211. The zero-order valence-electron chi connectivity index (χ0n) is 6.51. The summed E-state index contributed by atoms with van der Waals surface area (Å²) in [6, 6.07) is -0.119. The lowest BCUT2D eigenvalue weighted by atomic mass is 10.2. The van der Waals surface area contributed by atoms with Gasteiger partial charge in [0.1, 0.15) is 0 Å². The molecule has 4 heteroatoms. The zero-order valence-corrected chi connectivity index (χ0v) is 6.51. The molecule has 0 aromatic carbocycles. The van der Waals surface area contributed by atoms with Gasteiger partial charge in [-0.25, -0.2) is 4.98 Å². The van der Waals surface area contributed by atoms with Gasteiger partial charge in [-0.1, -0.05) is 0 Å². The van der Waals surface area contributed by atoms with E-state index < -0.39 is 0 Å². The van der Waals surface area contributed by atoms with E-state index in [1.54, 1.807) is 18.7 Å². The summed E-state index contributed by atoms with van der Waals surface area (Å²) in [5, 5.41) is 8.94. The van der Waals surface area contributed by atoms with Crippen LogP contribution >= 0.6 is 0 Å².